The summed E-state index contributed by atoms with van der Waals surface area (Å²) >= 11 is 0. The summed E-state index contributed by atoms with van der Waals surface area (Å²) in [4.78, 5) is 2.49. The van der Waals surface area contributed by atoms with Crippen molar-refractivity contribution < 1.29 is 14.6 Å². The first-order valence-corrected chi connectivity index (χ1v) is 7.37. The number of methoxy groups -OCH3 is 2. The van der Waals surface area contributed by atoms with E-state index in [0.29, 0.717) is 6.04 Å². The van der Waals surface area contributed by atoms with Crippen LogP contribution in [0.15, 0.2) is 18.2 Å². The van der Waals surface area contributed by atoms with E-state index in [1.807, 2.05) is 12.1 Å². The van der Waals surface area contributed by atoms with Crippen LogP contribution in [0.2, 0.25) is 0 Å². The number of unbranched alkanes of at least 4 members (excludes halogenated alkanes) is 1. The van der Waals surface area contributed by atoms with E-state index < -0.39 is 0 Å². The Kier molecular flexibility index (Phi) is 5.68. The highest BCUT2D eigenvalue weighted by molar-refractivity contribution is 5.42. The van der Waals surface area contributed by atoms with Gasteiger partial charge in [-0.15, -0.1) is 0 Å². The van der Waals surface area contributed by atoms with Gasteiger partial charge in [-0.05, 0) is 57.0 Å². The molecule has 1 aliphatic rings. The fraction of sp³-hybridized carbons (Fsp3) is 0.625. The van der Waals surface area contributed by atoms with Gasteiger partial charge in [0.25, 0.3) is 0 Å². The Labute approximate surface area is 121 Å². The van der Waals surface area contributed by atoms with Crippen molar-refractivity contribution in [3.05, 3.63) is 23.8 Å². The number of aliphatic hydroxyl groups is 1. The number of benzene rings is 1. The van der Waals surface area contributed by atoms with E-state index in [4.69, 9.17) is 14.6 Å². The molecule has 1 atom stereocenters. The highest BCUT2D eigenvalue weighted by atomic mass is 16.5. The highest BCUT2D eigenvalue weighted by Crippen LogP contribution is 2.38. The zero-order chi connectivity index (χ0) is 14.4. The lowest BCUT2D eigenvalue weighted by Gasteiger charge is -2.26. The van der Waals surface area contributed by atoms with Crippen LogP contribution in [0.1, 0.15) is 37.3 Å². The summed E-state index contributed by atoms with van der Waals surface area (Å²) in [5, 5.41) is 8.92. The van der Waals surface area contributed by atoms with E-state index in [-0.39, 0.29) is 6.61 Å². The predicted octanol–water partition coefficient (Wildman–Crippen LogP) is 2.61. The van der Waals surface area contributed by atoms with E-state index in [2.05, 4.69) is 11.0 Å². The molecule has 1 aromatic rings. The maximum absolute atomic E-state index is 8.92. The van der Waals surface area contributed by atoms with Crippen molar-refractivity contribution in [2.75, 3.05) is 33.9 Å². The van der Waals surface area contributed by atoms with Crippen LogP contribution in [0.4, 0.5) is 0 Å². The smallest absolute Gasteiger partial charge is 0.123 e. The second kappa shape index (κ2) is 7.50. The Balaban J connectivity index is 2.15. The van der Waals surface area contributed by atoms with Crippen LogP contribution in [0.3, 0.4) is 0 Å². The zero-order valence-electron chi connectivity index (χ0n) is 12.5. The standard InChI is InChI=1S/C16H25NO3/c1-19-13-7-8-16(20-2)14(12-13)15-6-5-10-17(15)9-3-4-11-18/h7-8,12,15,18H,3-6,9-11H2,1-2H3. The van der Waals surface area contributed by atoms with Gasteiger partial charge in [-0.3, -0.25) is 4.90 Å². The molecule has 0 saturated carbocycles. The molecule has 2 rings (SSSR count). The molecular formula is C16H25NO3. The molecule has 112 valence electrons. The van der Waals surface area contributed by atoms with Crippen LogP contribution in [0, 0.1) is 0 Å². The lowest BCUT2D eigenvalue weighted by molar-refractivity contribution is 0.227. The van der Waals surface area contributed by atoms with Gasteiger partial charge < -0.3 is 14.6 Å². The Bertz CT molecular complexity index is 422. The third-order valence-corrected chi connectivity index (χ3v) is 4.01. The first-order valence-electron chi connectivity index (χ1n) is 7.37. The largest absolute Gasteiger partial charge is 0.497 e. The van der Waals surface area contributed by atoms with Crippen molar-refractivity contribution in [3.8, 4) is 11.5 Å². The topological polar surface area (TPSA) is 41.9 Å². The molecule has 1 aliphatic heterocycles. The van der Waals surface area contributed by atoms with Crippen molar-refractivity contribution in [2.45, 2.75) is 31.7 Å². The minimum Gasteiger partial charge on any atom is -0.497 e. The third-order valence-electron chi connectivity index (χ3n) is 4.01. The molecule has 0 bridgehead atoms. The van der Waals surface area contributed by atoms with E-state index in [9.17, 15) is 0 Å². The van der Waals surface area contributed by atoms with Gasteiger partial charge >= 0.3 is 0 Å². The van der Waals surface area contributed by atoms with E-state index in [1.54, 1.807) is 14.2 Å². The summed E-state index contributed by atoms with van der Waals surface area (Å²) in [7, 11) is 3.41. The number of aliphatic hydroxyl groups excluding tert-OH is 1. The van der Waals surface area contributed by atoms with Crippen LogP contribution in [0.25, 0.3) is 0 Å². The number of hydrogen-bond acceptors (Lipinski definition) is 4. The quantitative estimate of drug-likeness (QED) is 0.779. The van der Waals surface area contributed by atoms with Gasteiger partial charge in [0.15, 0.2) is 0 Å². The second-order valence-electron chi connectivity index (χ2n) is 5.23. The lowest BCUT2D eigenvalue weighted by atomic mass is 10.0. The number of rotatable bonds is 7. The van der Waals surface area contributed by atoms with Crippen LogP contribution >= 0.6 is 0 Å². The maximum Gasteiger partial charge on any atom is 0.123 e. The number of nitrogens with zero attached hydrogens (tertiary/aromatic N) is 1. The molecule has 1 aromatic carbocycles. The molecule has 0 spiro atoms. The first kappa shape index (κ1) is 15.1. The third kappa shape index (κ3) is 3.44. The zero-order valence-corrected chi connectivity index (χ0v) is 12.5. The average molecular weight is 279 g/mol. The lowest BCUT2D eigenvalue weighted by Crippen LogP contribution is -2.25. The average Bonchev–Trinajstić information content (AvgIpc) is 2.95. The second-order valence-corrected chi connectivity index (χ2v) is 5.23. The fourth-order valence-corrected chi connectivity index (χ4v) is 2.97. The molecule has 0 aromatic heterocycles. The monoisotopic (exact) mass is 279 g/mol. The molecule has 0 radical (unpaired) electrons. The molecule has 0 amide bonds. The van der Waals surface area contributed by atoms with Gasteiger partial charge in [0, 0.05) is 18.2 Å². The number of likely N-dealkylation sites (tertiary alicyclic amines) is 1. The van der Waals surface area contributed by atoms with Crippen molar-refractivity contribution in [1.29, 1.82) is 0 Å². The predicted molar refractivity (Wildman–Crippen MR) is 79.4 cm³/mol. The van der Waals surface area contributed by atoms with Crippen molar-refractivity contribution in [2.24, 2.45) is 0 Å². The SMILES string of the molecule is COc1ccc(OC)c(C2CCCN2CCCCO)c1. The Morgan fingerprint density at radius 3 is 2.80 bits per heavy atom. The summed E-state index contributed by atoms with van der Waals surface area (Å²) in [6, 6.07) is 6.42. The van der Waals surface area contributed by atoms with Crippen LogP contribution in [0.5, 0.6) is 11.5 Å². The van der Waals surface area contributed by atoms with Gasteiger partial charge in [-0.25, -0.2) is 0 Å². The van der Waals surface area contributed by atoms with Gasteiger partial charge in [0.1, 0.15) is 11.5 Å². The van der Waals surface area contributed by atoms with Gasteiger partial charge in [0.2, 0.25) is 0 Å². The molecule has 4 heteroatoms. The molecule has 1 fully saturated rings. The molecule has 0 aliphatic carbocycles. The van der Waals surface area contributed by atoms with E-state index in [0.717, 1.165) is 43.9 Å². The fourth-order valence-electron chi connectivity index (χ4n) is 2.97. The summed E-state index contributed by atoms with van der Waals surface area (Å²) in [6.07, 6.45) is 4.28. The van der Waals surface area contributed by atoms with Gasteiger partial charge in [0.05, 0.1) is 14.2 Å². The minimum atomic E-state index is 0.279. The maximum atomic E-state index is 8.92. The molecule has 1 saturated heterocycles. The first-order chi connectivity index (χ1) is 9.80. The molecular weight excluding hydrogens is 254 g/mol. The summed E-state index contributed by atoms with van der Waals surface area (Å²) in [6.45, 7) is 2.43. The van der Waals surface area contributed by atoms with Crippen LogP contribution < -0.4 is 9.47 Å². The highest BCUT2D eigenvalue weighted by Gasteiger charge is 2.28. The molecule has 4 nitrogen and oxygen atoms in total. The van der Waals surface area contributed by atoms with Crippen molar-refractivity contribution in [3.63, 3.8) is 0 Å². The number of ether oxygens (including phenoxy) is 2. The van der Waals surface area contributed by atoms with Crippen LogP contribution in [-0.4, -0.2) is 43.9 Å². The van der Waals surface area contributed by atoms with Gasteiger partial charge in [-0.2, -0.15) is 0 Å². The molecule has 1 heterocycles. The summed E-state index contributed by atoms with van der Waals surface area (Å²) in [5.74, 6) is 1.81. The van der Waals surface area contributed by atoms with Crippen molar-refractivity contribution in [1.82, 2.24) is 4.90 Å². The molecule has 20 heavy (non-hydrogen) atoms. The van der Waals surface area contributed by atoms with E-state index in [1.165, 1.54) is 12.0 Å². The van der Waals surface area contributed by atoms with Gasteiger partial charge in [-0.1, -0.05) is 0 Å². The van der Waals surface area contributed by atoms with Crippen molar-refractivity contribution >= 4 is 0 Å². The Hall–Kier alpha value is -1.26. The van der Waals surface area contributed by atoms with E-state index >= 15 is 0 Å². The van der Waals surface area contributed by atoms with Crippen LogP contribution in [-0.2, 0) is 0 Å². The summed E-state index contributed by atoms with van der Waals surface area (Å²) < 4.78 is 10.8. The minimum absolute atomic E-state index is 0.279. The Morgan fingerprint density at radius 1 is 1.25 bits per heavy atom. The summed E-state index contributed by atoms with van der Waals surface area (Å²) in [5.41, 5.74) is 1.22. The number of hydrogen-bond donors (Lipinski definition) is 1. The molecule has 1 unspecified atom stereocenters. The normalized spacial score (nSPS) is 19.2. The Morgan fingerprint density at radius 2 is 2.10 bits per heavy atom. The molecule has 1 N–H and O–H groups in total.